The van der Waals surface area contributed by atoms with E-state index < -0.39 is 5.91 Å². The molecule has 4 rings (SSSR count). The topological polar surface area (TPSA) is 63.8 Å². The molecule has 0 spiro atoms. The molecule has 1 amide bonds. The summed E-state index contributed by atoms with van der Waals surface area (Å²) in [5.41, 5.74) is 4.93. The standard InChI is InChI=1S/C23H15Br2IN2O3/c24-17-9-16-10-21(31-22(16)19(25)11-17)23(29)28-27-12-15-3-1-2-4-20(15)30-13-14-5-7-18(26)8-6-14/h1-12H,13H2,(H,28,29)/b27-12-. The maximum atomic E-state index is 12.4. The lowest BCUT2D eigenvalue weighted by Gasteiger charge is -2.09. The Labute approximate surface area is 209 Å². The molecule has 0 radical (unpaired) electrons. The van der Waals surface area contributed by atoms with Crippen LogP contribution < -0.4 is 10.2 Å². The number of carbonyl (C=O) groups excluding carboxylic acids is 1. The minimum Gasteiger partial charge on any atom is -0.488 e. The molecule has 3 aromatic carbocycles. The Morgan fingerprint density at radius 3 is 2.68 bits per heavy atom. The van der Waals surface area contributed by atoms with E-state index >= 15 is 0 Å². The van der Waals surface area contributed by atoms with E-state index in [-0.39, 0.29) is 5.76 Å². The summed E-state index contributed by atoms with van der Waals surface area (Å²) >= 11 is 9.13. The zero-order chi connectivity index (χ0) is 21.8. The SMILES string of the molecule is O=C(N/N=C\c1ccccc1OCc1ccc(I)cc1)c1cc2cc(Br)cc(Br)c2o1. The number of nitrogens with one attached hydrogen (secondary N) is 1. The highest BCUT2D eigenvalue weighted by Gasteiger charge is 2.14. The summed E-state index contributed by atoms with van der Waals surface area (Å²) in [7, 11) is 0. The molecule has 1 heterocycles. The van der Waals surface area contributed by atoms with Crippen LogP contribution in [0.3, 0.4) is 0 Å². The molecule has 1 N–H and O–H groups in total. The van der Waals surface area contributed by atoms with Gasteiger partial charge in [-0.3, -0.25) is 4.79 Å². The van der Waals surface area contributed by atoms with Crippen LogP contribution in [0.5, 0.6) is 5.75 Å². The number of nitrogens with zero attached hydrogens (tertiary/aromatic N) is 1. The monoisotopic (exact) mass is 652 g/mol. The Bertz CT molecular complexity index is 1270. The van der Waals surface area contributed by atoms with Crippen LogP contribution in [0, 0.1) is 3.57 Å². The number of benzene rings is 3. The second kappa shape index (κ2) is 9.97. The van der Waals surface area contributed by atoms with Crippen LogP contribution >= 0.6 is 54.5 Å². The van der Waals surface area contributed by atoms with Gasteiger partial charge in [0.25, 0.3) is 0 Å². The predicted molar refractivity (Wildman–Crippen MR) is 137 cm³/mol. The molecular formula is C23H15Br2IN2O3. The third-order valence-corrected chi connectivity index (χ3v) is 6.12. The van der Waals surface area contributed by atoms with Gasteiger partial charge >= 0.3 is 5.91 Å². The van der Waals surface area contributed by atoms with E-state index in [9.17, 15) is 4.79 Å². The lowest BCUT2D eigenvalue weighted by Crippen LogP contribution is -2.16. The van der Waals surface area contributed by atoms with Gasteiger partial charge in [0.1, 0.15) is 17.9 Å². The van der Waals surface area contributed by atoms with Crippen molar-refractivity contribution in [3.8, 4) is 5.75 Å². The number of furan rings is 1. The Kier molecular flexibility index (Phi) is 7.09. The minimum absolute atomic E-state index is 0.175. The summed E-state index contributed by atoms with van der Waals surface area (Å²) in [4.78, 5) is 12.4. The van der Waals surface area contributed by atoms with Gasteiger partial charge in [0.05, 0.1) is 10.7 Å². The van der Waals surface area contributed by atoms with Gasteiger partial charge in [-0.05, 0) is 86.5 Å². The van der Waals surface area contributed by atoms with Crippen molar-refractivity contribution < 1.29 is 13.9 Å². The van der Waals surface area contributed by atoms with Crippen molar-refractivity contribution in [3.05, 3.63) is 96.1 Å². The van der Waals surface area contributed by atoms with E-state index in [0.29, 0.717) is 17.9 Å². The van der Waals surface area contributed by atoms with E-state index in [2.05, 4.69) is 65.0 Å². The van der Waals surface area contributed by atoms with Crippen molar-refractivity contribution in [1.29, 1.82) is 0 Å². The molecule has 0 unspecified atom stereocenters. The number of ether oxygens (including phenoxy) is 1. The molecule has 0 bridgehead atoms. The highest BCUT2D eigenvalue weighted by atomic mass is 127. The summed E-state index contributed by atoms with van der Waals surface area (Å²) in [6.07, 6.45) is 1.55. The molecule has 0 saturated carbocycles. The van der Waals surface area contributed by atoms with Gasteiger partial charge in [-0.1, -0.05) is 40.2 Å². The molecule has 0 atom stereocenters. The second-order valence-electron chi connectivity index (χ2n) is 6.57. The maximum absolute atomic E-state index is 12.4. The van der Waals surface area contributed by atoms with Crippen molar-refractivity contribution in [2.45, 2.75) is 6.61 Å². The average molecular weight is 654 g/mol. The first kappa shape index (κ1) is 22.0. The van der Waals surface area contributed by atoms with Crippen molar-refractivity contribution in [1.82, 2.24) is 5.43 Å². The molecule has 0 aliphatic heterocycles. The number of fused-ring (bicyclic) bond motifs is 1. The lowest BCUT2D eigenvalue weighted by molar-refractivity contribution is 0.0929. The van der Waals surface area contributed by atoms with E-state index in [1.165, 1.54) is 3.57 Å². The Balaban J connectivity index is 1.43. The van der Waals surface area contributed by atoms with Crippen LogP contribution in [0.1, 0.15) is 21.7 Å². The van der Waals surface area contributed by atoms with Gasteiger partial charge < -0.3 is 9.15 Å². The van der Waals surface area contributed by atoms with Gasteiger partial charge in [-0.25, -0.2) is 5.43 Å². The minimum atomic E-state index is -0.437. The van der Waals surface area contributed by atoms with Crippen LogP contribution in [-0.4, -0.2) is 12.1 Å². The summed E-state index contributed by atoms with van der Waals surface area (Å²) < 4.78 is 14.4. The van der Waals surface area contributed by atoms with Crippen molar-refractivity contribution in [2.24, 2.45) is 5.10 Å². The summed E-state index contributed by atoms with van der Waals surface area (Å²) in [5.74, 6) is 0.415. The van der Waals surface area contributed by atoms with Crippen LogP contribution in [0.4, 0.5) is 0 Å². The molecular weight excluding hydrogens is 639 g/mol. The molecule has 1 aromatic heterocycles. The third-order valence-electron chi connectivity index (χ3n) is 4.36. The quantitative estimate of drug-likeness (QED) is 0.140. The first-order chi connectivity index (χ1) is 15.0. The van der Waals surface area contributed by atoms with E-state index in [4.69, 9.17) is 9.15 Å². The fraction of sp³-hybridized carbons (Fsp3) is 0.0435. The molecule has 4 aromatic rings. The van der Waals surface area contributed by atoms with E-state index in [0.717, 1.165) is 25.5 Å². The van der Waals surface area contributed by atoms with Gasteiger partial charge in [0.2, 0.25) is 0 Å². The fourth-order valence-electron chi connectivity index (χ4n) is 2.86. The van der Waals surface area contributed by atoms with Crippen LogP contribution in [0.15, 0.2) is 85.2 Å². The smallest absolute Gasteiger partial charge is 0.307 e. The lowest BCUT2D eigenvalue weighted by atomic mass is 10.2. The summed E-state index contributed by atoms with van der Waals surface area (Å²) in [6.45, 7) is 0.442. The normalized spacial score (nSPS) is 11.2. The summed E-state index contributed by atoms with van der Waals surface area (Å²) in [6, 6.07) is 21.1. The summed E-state index contributed by atoms with van der Waals surface area (Å²) in [5, 5.41) is 4.88. The number of amides is 1. The van der Waals surface area contributed by atoms with E-state index in [1.807, 2.05) is 60.7 Å². The largest absolute Gasteiger partial charge is 0.488 e. The molecule has 0 aliphatic carbocycles. The Morgan fingerprint density at radius 1 is 1.10 bits per heavy atom. The maximum Gasteiger partial charge on any atom is 0.307 e. The number of hydrazone groups is 1. The Hall–Kier alpha value is -2.17. The Morgan fingerprint density at radius 2 is 1.87 bits per heavy atom. The first-order valence-corrected chi connectivity index (χ1v) is 11.8. The van der Waals surface area contributed by atoms with Crippen molar-refractivity contribution in [3.63, 3.8) is 0 Å². The van der Waals surface area contributed by atoms with Gasteiger partial charge in [-0.15, -0.1) is 0 Å². The van der Waals surface area contributed by atoms with Crippen LogP contribution in [0.25, 0.3) is 11.0 Å². The molecule has 8 heteroatoms. The number of hydrogen-bond donors (Lipinski definition) is 1. The van der Waals surface area contributed by atoms with Crippen molar-refractivity contribution in [2.75, 3.05) is 0 Å². The number of rotatable bonds is 6. The van der Waals surface area contributed by atoms with E-state index in [1.54, 1.807) is 12.3 Å². The second-order valence-corrected chi connectivity index (χ2v) is 9.58. The van der Waals surface area contributed by atoms with Crippen LogP contribution in [-0.2, 0) is 6.61 Å². The molecule has 31 heavy (non-hydrogen) atoms. The molecule has 156 valence electrons. The van der Waals surface area contributed by atoms with Gasteiger partial charge in [0.15, 0.2) is 5.76 Å². The molecule has 0 saturated heterocycles. The zero-order valence-electron chi connectivity index (χ0n) is 15.9. The predicted octanol–water partition coefficient (Wildman–Crippen LogP) is 6.91. The van der Waals surface area contributed by atoms with Crippen molar-refractivity contribution >= 4 is 77.5 Å². The number of halogens is 3. The number of hydrogen-bond acceptors (Lipinski definition) is 4. The van der Waals surface area contributed by atoms with Gasteiger partial charge in [0, 0.05) is 19.0 Å². The third kappa shape index (κ3) is 5.55. The van der Waals surface area contributed by atoms with Crippen LogP contribution in [0.2, 0.25) is 0 Å². The fourth-order valence-corrected chi connectivity index (χ4v) is 4.56. The number of para-hydroxylation sites is 1. The van der Waals surface area contributed by atoms with Gasteiger partial charge in [-0.2, -0.15) is 5.10 Å². The average Bonchev–Trinajstić information content (AvgIpc) is 3.19. The first-order valence-electron chi connectivity index (χ1n) is 9.18. The molecule has 0 aliphatic rings. The molecule has 0 fully saturated rings. The zero-order valence-corrected chi connectivity index (χ0v) is 21.3. The number of carbonyl (C=O) groups is 1. The highest BCUT2D eigenvalue weighted by Crippen LogP contribution is 2.31. The molecule has 5 nitrogen and oxygen atoms in total. The highest BCUT2D eigenvalue weighted by molar-refractivity contribution is 14.1.